The SMILES string of the molecule is COc1cc2cc(NC(=O)CN)ccc2[nH]c1=O. The number of carbonyl (C=O) groups excluding carboxylic acids is 1. The molecule has 1 amide bonds. The number of pyridine rings is 1. The summed E-state index contributed by atoms with van der Waals surface area (Å²) >= 11 is 0. The van der Waals surface area contributed by atoms with Crippen LogP contribution in [0.15, 0.2) is 29.1 Å². The van der Waals surface area contributed by atoms with Crippen molar-refractivity contribution in [2.24, 2.45) is 5.73 Å². The molecule has 2 rings (SSSR count). The molecule has 0 aliphatic heterocycles. The molecule has 0 fully saturated rings. The van der Waals surface area contributed by atoms with Gasteiger partial charge in [0.15, 0.2) is 5.75 Å². The Morgan fingerprint density at radius 1 is 1.44 bits per heavy atom. The van der Waals surface area contributed by atoms with Crippen LogP contribution < -0.4 is 21.3 Å². The van der Waals surface area contributed by atoms with Crippen LogP contribution in [0.1, 0.15) is 0 Å². The van der Waals surface area contributed by atoms with E-state index in [0.717, 1.165) is 5.39 Å². The highest BCUT2D eigenvalue weighted by Gasteiger charge is 2.04. The summed E-state index contributed by atoms with van der Waals surface area (Å²) in [6, 6.07) is 6.76. The zero-order valence-electron chi connectivity index (χ0n) is 9.82. The third-order valence-electron chi connectivity index (χ3n) is 2.50. The van der Waals surface area contributed by atoms with Crippen LogP contribution in [-0.2, 0) is 4.79 Å². The molecule has 0 spiro atoms. The number of benzene rings is 1. The molecule has 0 aliphatic rings. The van der Waals surface area contributed by atoms with E-state index >= 15 is 0 Å². The largest absolute Gasteiger partial charge is 0.491 e. The highest BCUT2D eigenvalue weighted by Crippen LogP contribution is 2.19. The molecule has 2 aromatic rings. The summed E-state index contributed by atoms with van der Waals surface area (Å²) < 4.78 is 4.94. The van der Waals surface area contributed by atoms with Gasteiger partial charge in [0.2, 0.25) is 5.91 Å². The number of nitrogens with two attached hydrogens (primary N) is 1. The van der Waals surface area contributed by atoms with Gasteiger partial charge in [0.1, 0.15) is 0 Å². The number of carbonyl (C=O) groups is 1. The Hall–Kier alpha value is -2.34. The van der Waals surface area contributed by atoms with Gasteiger partial charge in [-0.05, 0) is 24.3 Å². The first kappa shape index (κ1) is 12.1. The van der Waals surface area contributed by atoms with E-state index in [2.05, 4.69) is 10.3 Å². The van der Waals surface area contributed by atoms with E-state index < -0.39 is 0 Å². The fourth-order valence-corrected chi connectivity index (χ4v) is 1.63. The zero-order chi connectivity index (χ0) is 13.1. The summed E-state index contributed by atoms with van der Waals surface area (Å²) in [5, 5.41) is 3.40. The second-order valence-corrected chi connectivity index (χ2v) is 3.72. The van der Waals surface area contributed by atoms with E-state index in [1.165, 1.54) is 7.11 Å². The van der Waals surface area contributed by atoms with Crippen molar-refractivity contribution in [3.63, 3.8) is 0 Å². The van der Waals surface area contributed by atoms with Gasteiger partial charge in [-0.25, -0.2) is 0 Å². The van der Waals surface area contributed by atoms with Crippen LogP contribution in [0.4, 0.5) is 5.69 Å². The summed E-state index contributed by atoms with van der Waals surface area (Å²) in [4.78, 5) is 25.4. The number of hydrogen-bond acceptors (Lipinski definition) is 4. The second kappa shape index (κ2) is 4.89. The molecular formula is C12H13N3O3. The quantitative estimate of drug-likeness (QED) is 0.732. The molecule has 1 aromatic heterocycles. The molecule has 0 radical (unpaired) electrons. The predicted octanol–water partition coefficient (Wildman–Crippen LogP) is 0.434. The number of nitrogens with one attached hydrogen (secondary N) is 2. The van der Waals surface area contributed by atoms with Gasteiger partial charge < -0.3 is 20.8 Å². The van der Waals surface area contributed by atoms with E-state index in [4.69, 9.17) is 10.5 Å². The Bertz CT molecular complexity index is 649. The molecule has 18 heavy (non-hydrogen) atoms. The molecule has 94 valence electrons. The average molecular weight is 247 g/mol. The van der Waals surface area contributed by atoms with Crippen molar-refractivity contribution in [2.75, 3.05) is 19.0 Å². The summed E-state index contributed by atoms with van der Waals surface area (Å²) in [5.74, 6) is -0.0458. The number of H-pyrrole nitrogens is 1. The summed E-state index contributed by atoms with van der Waals surface area (Å²) in [6.45, 7) is -0.0764. The molecule has 6 heteroatoms. The van der Waals surface area contributed by atoms with Crippen molar-refractivity contribution in [3.05, 3.63) is 34.6 Å². The Balaban J connectivity index is 2.47. The maximum atomic E-state index is 11.5. The zero-order valence-corrected chi connectivity index (χ0v) is 9.82. The van der Waals surface area contributed by atoms with Crippen molar-refractivity contribution >= 4 is 22.5 Å². The van der Waals surface area contributed by atoms with Crippen molar-refractivity contribution in [1.29, 1.82) is 0 Å². The first-order chi connectivity index (χ1) is 8.63. The number of ether oxygens (including phenoxy) is 1. The first-order valence-corrected chi connectivity index (χ1v) is 5.35. The van der Waals surface area contributed by atoms with Gasteiger partial charge in [0, 0.05) is 16.6 Å². The minimum atomic E-state index is -0.288. The third-order valence-corrected chi connectivity index (χ3v) is 2.50. The molecule has 0 aliphatic carbocycles. The van der Waals surface area contributed by atoms with Crippen LogP contribution in [-0.4, -0.2) is 24.5 Å². The van der Waals surface area contributed by atoms with E-state index in [-0.39, 0.29) is 23.8 Å². The highest BCUT2D eigenvalue weighted by atomic mass is 16.5. The van der Waals surface area contributed by atoms with Crippen LogP contribution >= 0.6 is 0 Å². The lowest BCUT2D eigenvalue weighted by atomic mass is 10.2. The van der Waals surface area contributed by atoms with Gasteiger partial charge in [-0.15, -0.1) is 0 Å². The van der Waals surface area contributed by atoms with Crippen molar-refractivity contribution < 1.29 is 9.53 Å². The van der Waals surface area contributed by atoms with Crippen LogP contribution in [0, 0.1) is 0 Å². The smallest absolute Gasteiger partial charge is 0.290 e. The van der Waals surface area contributed by atoms with Gasteiger partial charge in [0.25, 0.3) is 5.56 Å². The Labute approximate surface area is 103 Å². The third kappa shape index (κ3) is 2.33. The standard InChI is InChI=1S/C12H13N3O3/c1-18-10-5-7-4-8(14-11(16)6-13)2-3-9(7)15-12(10)17/h2-5H,6,13H2,1H3,(H,14,16)(H,15,17). The van der Waals surface area contributed by atoms with E-state index in [1.807, 2.05) is 0 Å². The highest BCUT2D eigenvalue weighted by molar-refractivity contribution is 5.94. The van der Waals surface area contributed by atoms with Crippen LogP contribution in [0.2, 0.25) is 0 Å². The molecule has 0 bridgehead atoms. The maximum absolute atomic E-state index is 11.5. The minimum Gasteiger partial charge on any atom is -0.491 e. The summed E-state index contributed by atoms with van der Waals surface area (Å²) in [6.07, 6.45) is 0. The number of fused-ring (bicyclic) bond motifs is 1. The van der Waals surface area contributed by atoms with E-state index in [0.29, 0.717) is 11.2 Å². The molecule has 1 heterocycles. The number of aromatic nitrogens is 1. The number of aromatic amines is 1. The van der Waals surface area contributed by atoms with Gasteiger partial charge >= 0.3 is 0 Å². The Kier molecular flexibility index (Phi) is 3.29. The van der Waals surface area contributed by atoms with Crippen LogP contribution in [0.5, 0.6) is 5.75 Å². The second-order valence-electron chi connectivity index (χ2n) is 3.72. The molecule has 0 saturated heterocycles. The number of methoxy groups -OCH3 is 1. The molecule has 0 unspecified atom stereocenters. The molecule has 0 atom stereocenters. The van der Waals surface area contributed by atoms with E-state index in [1.54, 1.807) is 24.3 Å². The number of rotatable bonds is 3. The van der Waals surface area contributed by atoms with Crippen molar-refractivity contribution in [2.45, 2.75) is 0 Å². The number of hydrogen-bond donors (Lipinski definition) is 3. The summed E-state index contributed by atoms with van der Waals surface area (Å²) in [5.41, 5.74) is 6.22. The van der Waals surface area contributed by atoms with Crippen molar-refractivity contribution in [3.8, 4) is 5.75 Å². The first-order valence-electron chi connectivity index (χ1n) is 5.35. The topological polar surface area (TPSA) is 97.2 Å². The molecule has 4 N–H and O–H groups in total. The lowest BCUT2D eigenvalue weighted by Gasteiger charge is -2.06. The van der Waals surface area contributed by atoms with Gasteiger partial charge in [0.05, 0.1) is 13.7 Å². The molecule has 1 aromatic carbocycles. The van der Waals surface area contributed by atoms with Crippen LogP contribution in [0.25, 0.3) is 10.9 Å². The van der Waals surface area contributed by atoms with Crippen molar-refractivity contribution in [1.82, 2.24) is 4.98 Å². The van der Waals surface area contributed by atoms with Gasteiger partial charge in [-0.2, -0.15) is 0 Å². The number of amides is 1. The molecular weight excluding hydrogens is 234 g/mol. The van der Waals surface area contributed by atoms with Gasteiger partial charge in [-0.3, -0.25) is 9.59 Å². The summed E-state index contributed by atoms with van der Waals surface area (Å²) in [7, 11) is 1.43. The lowest BCUT2D eigenvalue weighted by molar-refractivity contribution is -0.114. The monoisotopic (exact) mass is 247 g/mol. The minimum absolute atomic E-state index is 0.0764. The lowest BCUT2D eigenvalue weighted by Crippen LogP contribution is -2.21. The van der Waals surface area contributed by atoms with Gasteiger partial charge in [-0.1, -0.05) is 0 Å². The maximum Gasteiger partial charge on any atom is 0.290 e. The fourth-order valence-electron chi connectivity index (χ4n) is 1.63. The normalized spacial score (nSPS) is 10.3. The molecule has 0 saturated carbocycles. The average Bonchev–Trinajstić information content (AvgIpc) is 2.38. The Morgan fingerprint density at radius 3 is 2.89 bits per heavy atom. The van der Waals surface area contributed by atoms with E-state index in [9.17, 15) is 9.59 Å². The fraction of sp³-hybridized carbons (Fsp3) is 0.167. The number of anilines is 1. The predicted molar refractivity (Wildman–Crippen MR) is 68.8 cm³/mol. The Morgan fingerprint density at radius 2 is 2.22 bits per heavy atom. The molecule has 6 nitrogen and oxygen atoms in total. The van der Waals surface area contributed by atoms with Crippen LogP contribution in [0.3, 0.4) is 0 Å².